The van der Waals surface area contributed by atoms with E-state index in [-0.39, 0.29) is 36.9 Å². The standard InChI is InChI=1S/C42H59N10O7P/c1-7-9-17-45-37-33(27(3)49-41(43)51-37)25-31-23-29(13-15-35(31)56-5)39(53)47-19-11-21-58-60(55)59-22-12-20-48-40(54)30-14-16-36(57-6)32(24-30)26-34-28(4)50-42(44)52-38(34)46-18-10-8-2/h13-16,23-24H,7-12,17-22,25-26H2,1-6H3,(H7-,43,44,45,46,47,48,49,50,51,52,53,54)/p+1. The summed E-state index contributed by atoms with van der Waals surface area (Å²) >= 11 is 0. The van der Waals surface area contributed by atoms with Crippen molar-refractivity contribution < 1.29 is 32.7 Å². The number of nitrogen functional groups attached to an aromatic ring is 2. The molecular formula is C42H60N10O7P+. The Bertz CT molecular complexity index is 1930. The smallest absolute Gasteiger partial charge is 0.496 e. The number of aromatic nitrogens is 4. The van der Waals surface area contributed by atoms with E-state index >= 15 is 0 Å². The molecule has 2 amide bonds. The van der Waals surface area contributed by atoms with Gasteiger partial charge < -0.3 is 42.2 Å². The highest BCUT2D eigenvalue weighted by molar-refractivity contribution is 7.33. The summed E-state index contributed by atoms with van der Waals surface area (Å²) in [6.45, 7) is 10.3. The Morgan fingerprint density at radius 2 is 1.05 bits per heavy atom. The molecular weight excluding hydrogens is 787 g/mol. The summed E-state index contributed by atoms with van der Waals surface area (Å²) in [4.78, 5) is 43.7. The molecule has 0 aliphatic heterocycles. The normalized spacial score (nSPS) is 10.9. The lowest BCUT2D eigenvalue weighted by atomic mass is 10.0. The third-order valence-electron chi connectivity index (χ3n) is 9.53. The number of hydrogen-bond donors (Lipinski definition) is 6. The first-order valence-corrected chi connectivity index (χ1v) is 21.4. The molecule has 0 saturated carbocycles. The summed E-state index contributed by atoms with van der Waals surface area (Å²) in [5, 5.41) is 12.5. The fourth-order valence-electron chi connectivity index (χ4n) is 6.28. The number of carbonyl (C=O) groups is 2. The lowest BCUT2D eigenvalue weighted by Crippen LogP contribution is -2.25. The predicted molar refractivity (Wildman–Crippen MR) is 234 cm³/mol. The molecule has 324 valence electrons. The largest absolute Gasteiger partial charge is 0.697 e. The minimum atomic E-state index is -2.38. The highest BCUT2D eigenvalue weighted by Gasteiger charge is 2.21. The van der Waals surface area contributed by atoms with Crippen molar-refractivity contribution in [3.8, 4) is 11.5 Å². The molecule has 2 aromatic carbocycles. The fourth-order valence-corrected chi connectivity index (χ4v) is 6.91. The third-order valence-corrected chi connectivity index (χ3v) is 10.3. The number of amides is 2. The van der Waals surface area contributed by atoms with Gasteiger partial charge in [0.2, 0.25) is 11.9 Å². The van der Waals surface area contributed by atoms with Crippen molar-refractivity contribution in [1.82, 2.24) is 30.6 Å². The number of anilines is 4. The summed E-state index contributed by atoms with van der Waals surface area (Å²) in [5.74, 6) is 2.46. The molecule has 4 rings (SSSR count). The van der Waals surface area contributed by atoms with Gasteiger partial charge >= 0.3 is 8.25 Å². The maximum Gasteiger partial charge on any atom is 0.697 e. The fraction of sp³-hybridized carbons (Fsp3) is 0.476. The van der Waals surface area contributed by atoms with Crippen LogP contribution in [-0.4, -0.2) is 85.4 Å². The van der Waals surface area contributed by atoms with E-state index in [0.717, 1.165) is 72.4 Å². The Labute approximate surface area is 353 Å². The number of nitrogens with two attached hydrogens (primary N) is 2. The van der Waals surface area contributed by atoms with Crippen molar-refractivity contribution in [3.05, 3.63) is 81.2 Å². The molecule has 60 heavy (non-hydrogen) atoms. The summed E-state index contributed by atoms with van der Waals surface area (Å²) < 4.78 is 34.2. The van der Waals surface area contributed by atoms with E-state index in [0.29, 0.717) is 73.0 Å². The van der Waals surface area contributed by atoms with E-state index in [2.05, 4.69) is 55.1 Å². The highest BCUT2D eigenvalue weighted by Crippen LogP contribution is 2.30. The van der Waals surface area contributed by atoms with Crippen LogP contribution in [0.4, 0.5) is 23.5 Å². The molecule has 0 aliphatic rings. The number of aryl methyl sites for hydroxylation is 2. The molecule has 18 heteroatoms. The first kappa shape index (κ1) is 47.0. The van der Waals surface area contributed by atoms with Crippen molar-refractivity contribution in [2.45, 2.75) is 79.1 Å². The van der Waals surface area contributed by atoms with Gasteiger partial charge in [0, 0.05) is 77.2 Å². The molecule has 2 aromatic heterocycles. The quantitative estimate of drug-likeness (QED) is 0.0300. The number of methoxy groups -OCH3 is 2. The number of unbranched alkanes of at least 4 members (excludes halogenated alkanes) is 2. The van der Waals surface area contributed by atoms with Crippen molar-refractivity contribution in [3.63, 3.8) is 0 Å². The zero-order valence-corrected chi connectivity index (χ0v) is 36.5. The highest BCUT2D eigenvalue weighted by atomic mass is 31.1. The molecule has 0 bridgehead atoms. The molecule has 8 N–H and O–H groups in total. The zero-order chi connectivity index (χ0) is 43.4. The number of benzene rings is 2. The Morgan fingerprint density at radius 1 is 0.633 bits per heavy atom. The van der Waals surface area contributed by atoms with Crippen molar-refractivity contribution in [2.75, 3.05) is 75.7 Å². The van der Waals surface area contributed by atoms with E-state index in [1.165, 1.54) is 0 Å². The average molecular weight is 848 g/mol. The Hall–Kier alpha value is -5.64. The maximum atomic E-state index is 13.1. The first-order chi connectivity index (χ1) is 29.0. The van der Waals surface area contributed by atoms with Crippen LogP contribution in [-0.2, 0) is 26.5 Å². The first-order valence-electron chi connectivity index (χ1n) is 20.3. The number of rotatable bonds is 26. The zero-order valence-electron chi connectivity index (χ0n) is 35.6. The molecule has 0 aliphatic carbocycles. The molecule has 17 nitrogen and oxygen atoms in total. The van der Waals surface area contributed by atoms with Crippen LogP contribution in [0.25, 0.3) is 0 Å². The van der Waals surface area contributed by atoms with Gasteiger partial charge in [0.25, 0.3) is 11.8 Å². The van der Waals surface area contributed by atoms with Crippen molar-refractivity contribution in [1.29, 1.82) is 0 Å². The van der Waals surface area contributed by atoms with Crippen LogP contribution in [0.1, 0.15) is 107 Å². The van der Waals surface area contributed by atoms with E-state index in [1.54, 1.807) is 50.6 Å². The number of nitrogens with zero attached hydrogens (tertiary/aromatic N) is 4. The van der Waals surface area contributed by atoms with Crippen molar-refractivity contribution >= 4 is 43.6 Å². The second-order valence-corrected chi connectivity index (χ2v) is 15.0. The summed E-state index contributed by atoms with van der Waals surface area (Å²) in [6.07, 6.45) is 5.72. The van der Waals surface area contributed by atoms with Gasteiger partial charge in [0.15, 0.2) is 0 Å². The summed E-state index contributed by atoms with van der Waals surface area (Å²) in [7, 11) is 0.792. The van der Waals surface area contributed by atoms with E-state index in [9.17, 15) is 14.2 Å². The molecule has 0 spiro atoms. The van der Waals surface area contributed by atoms with E-state index in [4.69, 9.17) is 30.0 Å². The van der Waals surface area contributed by atoms with Crippen LogP contribution in [0.5, 0.6) is 11.5 Å². The number of ether oxygens (including phenoxy) is 2. The van der Waals surface area contributed by atoms with Gasteiger partial charge in [0.05, 0.1) is 14.2 Å². The van der Waals surface area contributed by atoms with Crippen LogP contribution >= 0.6 is 8.25 Å². The topological polar surface area (TPSA) is 240 Å². The number of hydrogen-bond acceptors (Lipinski definition) is 15. The molecule has 0 atom stereocenters. The Balaban J connectivity index is 1.19. The van der Waals surface area contributed by atoms with E-state index < -0.39 is 8.25 Å². The van der Waals surface area contributed by atoms with Gasteiger partial charge in [-0.25, -0.2) is 9.97 Å². The van der Waals surface area contributed by atoms with E-state index in [1.807, 2.05) is 13.8 Å². The lowest BCUT2D eigenvalue weighted by Gasteiger charge is -2.16. The monoisotopic (exact) mass is 847 g/mol. The van der Waals surface area contributed by atoms with Gasteiger partial charge in [-0.1, -0.05) is 26.7 Å². The molecule has 0 unspecified atom stereocenters. The number of carbonyl (C=O) groups excluding carboxylic acids is 2. The number of nitrogens with one attached hydrogen (secondary N) is 4. The van der Waals surface area contributed by atoms with Gasteiger partial charge in [-0.3, -0.25) is 9.59 Å². The maximum absolute atomic E-state index is 13.1. The second kappa shape index (κ2) is 24.4. The molecule has 4 aromatic rings. The summed E-state index contributed by atoms with van der Waals surface area (Å²) in [6, 6.07) is 10.5. The average Bonchev–Trinajstić information content (AvgIpc) is 3.22. The third kappa shape index (κ3) is 14.3. The van der Waals surface area contributed by atoms with Crippen LogP contribution in [0.15, 0.2) is 36.4 Å². The minimum Gasteiger partial charge on any atom is -0.496 e. The molecule has 2 heterocycles. The van der Waals surface area contributed by atoms with Crippen LogP contribution < -0.4 is 42.2 Å². The molecule has 0 radical (unpaired) electrons. The van der Waals surface area contributed by atoms with Gasteiger partial charge in [-0.15, -0.1) is 9.05 Å². The minimum absolute atomic E-state index is 0.114. The second-order valence-electron chi connectivity index (χ2n) is 14.1. The predicted octanol–water partition coefficient (Wildman–Crippen LogP) is 6.30. The lowest BCUT2D eigenvalue weighted by molar-refractivity contribution is 0.0944. The Kier molecular flexibility index (Phi) is 19.2. The SMILES string of the molecule is CCCCNc1nc(N)nc(C)c1Cc1cc(C(=O)NCCCO[P+](=O)OCCCNC(=O)c2ccc(OC)c(Cc3c(C)nc(N)nc3NCCCC)c2)ccc1OC. The summed E-state index contributed by atoms with van der Waals surface area (Å²) in [5.41, 5.74) is 17.6. The van der Waals surface area contributed by atoms with Gasteiger partial charge in [0.1, 0.15) is 36.3 Å². The Morgan fingerprint density at radius 3 is 1.43 bits per heavy atom. The van der Waals surface area contributed by atoms with Crippen LogP contribution in [0, 0.1) is 13.8 Å². The van der Waals surface area contributed by atoms with Crippen LogP contribution in [0.3, 0.4) is 0 Å². The van der Waals surface area contributed by atoms with Crippen molar-refractivity contribution in [2.24, 2.45) is 0 Å². The van der Waals surface area contributed by atoms with Gasteiger partial charge in [-0.05, 0) is 87.1 Å². The molecule has 0 fully saturated rings. The van der Waals surface area contributed by atoms with Crippen LogP contribution in [0.2, 0.25) is 0 Å². The van der Waals surface area contributed by atoms with Gasteiger partial charge in [-0.2, -0.15) is 9.97 Å². The molecule has 0 saturated heterocycles.